The first kappa shape index (κ1) is 16.3. The summed E-state index contributed by atoms with van der Waals surface area (Å²) < 4.78 is 13.8. The van der Waals surface area contributed by atoms with E-state index in [1.807, 2.05) is 19.1 Å². The molecule has 1 atom stereocenters. The zero-order valence-electron chi connectivity index (χ0n) is 13.2. The van der Waals surface area contributed by atoms with Crippen molar-refractivity contribution in [3.63, 3.8) is 0 Å². The first-order valence-corrected chi connectivity index (χ1v) is 9.31. The van der Waals surface area contributed by atoms with Gasteiger partial charge in [-0.25, -0.2) is 9.37 Å². The lowest BCUT2D eigenvalue weighted by Crippen LogP contribution is -2.23. The van der Waals surface area contributed by atoms with E-state index in [9.17, 15) is 4.39 Å². The fraction of sp³-hybridized carbons (Fsp3) is 0.278. The standard InChI is InChI=1S/C18H19FN2S2/c1-12-13(2)23-18(21-12)17(9-14-7-8-22-11-14)20-10-15-5-3-4-6-16(15)19/h3-8,11,17,20H,9-10H2,1-2H3/t17-/m1/s1. The fourth-order valence-electron chi connectivity index (χ4n) is 2.41. The van der Waals surface area contributed by atoms with Crippen LogP contribution >= 0.6 is 22.7 Å². The highest BCUT2D eigenvalue weighted by Gasteiger charge is 2.18. The Morgan fingerprint density at radius 3 is 2.70 bits per heavy atom. The number of halogens is 1. The van der Waals surface area contributed by atoms with E-state index < -0.39 is 0 Å². The van der Waals surface area contributed by atoms with Crippen molar-refractivity contribution >= 4 is 22.7 Å². The molecule has 0 saturated carbocycles. The quantitative estimate of drug-likeness (QED) is 0.677. The number of rotatable bonds is 6. The first-order chi connectivity index (χ1) is 11.1. The minimum Gasteiger partial charge on any atom is -0.303 e. The van der Waals surface area contributed by atoms with Gasteiger partial charge in [-0.1, -0.05) is 18.2 Å². The molecule has 0 aliphatic rings. The van der Waals surface area contributed by atoms with Gasteiger partial charge in [-0.2, -0.15) is 11.3 Å². The maximum Gasteiger partial charge on any atom is 0.127 e. The van der Waals surface area contributed by atoms with Crippen molar-refractivity contribution in [3.8, 4) is 0 Å². The highest BCUT2D eigenvalue weighted by Crippen LogP contribution is 2.26. The summed E-state index contributed by atoms with van der Waals surface area (Å²) in [5.74, 6) is -0.166. The van der Waals surface area contributed by atoms with Crippen LogP contribution in [0.3, 0.4) is 0 Å². The van der Waals surface area contributed by atoms with E-state index >= 15 is 0 Å². The molecule has 0 bridgehead atoms. The maximum absolute atomic E-state index is 13.8. The molecule has 0 amide bonds. The second-order valence-electron chi connectivity index (χ2n) is 5.55. The third-order valence-electron chi connectivity index (χ3n) is 3.86. The van der Waals surface area contributed by atoms with Gasteiger partial charge >= 0.3 is 0 Å². The summed E-state index contributed by atoms with van der Waals surface area (Å²) in [5.41, 5.74) is 3.05. The Kier molecular flexibility index (Phi) is 5.20. The average molecular weight is 346 g/mol. The molecule has 1 aromatic carbocycles. The van der Waals surface area contributed by atoms with Crippen molar-refractivity contribution in [3.05, 3.63) is 73.6 Å². The maximum atomic E-state index is 13.8. The van der Waals surface area contributed by atoms with Crippen molar-refractivity contribution in [1.82, 2.24) is 10.3 Å². The largest absolute Gasteiger partial charge is 0.303 e. The lowest BCUT2D eigenvalue weighted by atomic mass is 10.1. The summed E-state index contributed by atoms with van der Waals surface area (Å²) in [7, 11) is 0. The number of nitrogens with zero attached hydrogens (tertiary/aromatic N) is 1. The highest BCUT2D eigenvalue weighted by molar-refractivity contribution is 7.11. The lowest BCUT2D eigenvalue weighted by Gasteiger charge is -2.16. The number of thiazole rings is 1. The van der Waals surface area contributed by atoms with Crippen molar-refractivity contribution in [2.24, 2.45) is 0 Å². The van der Waals surface area contributed by atoms with Crippen LogP contribution in [0.1, 0.15) is 32.7 Å². The van der Waals surface area contributed by atoms with Crippen LogP contribution in [-0.2, 0) is 13.0 Å². The van der Waals surface area contributed by atoms with E-state index in [0.29, 0.717) is 12.1 Å². The number of benzene rings is 1. The number of nitrogens with one attached hydrogen (secondary N) is 1. The summed E-state index contributed by atoms with van der Waals surface area (Å²) in [5, 5.41) is 8.80. The van der Waals surface area contributed by atoms with Crippen LogP contribution in [0.2, 0.25) is 0 Å². The zero-order valence-corrected chi connectivity index (χ0v) is 14.8. The molecular formula is C18H19FN2S2. The molecule has 0 unspecified atom stereocenters. The first-order valence-electron chi connectivity index (χ1n) is 7.55. The van der Waals surface area contributed by atoms with Crippen LogP contribution < -0.4 is 5.32 Å². The van der Waals surface area contributed by atoms with Gasteiger partial charge in [0.25, 0.3) is 0 Å². The molecule has 2 nitrogen and oxygen atoms in total. The van der Waals surface area contributed by atoms with E-state index in [1.165, 1.54) is 16.5 Å². The molecule has 1 N–H and O–H groups in total. The molecule has 2 heterocycles. The van der Waals surface area contributed by atoms with Gasteiger partial charge in [0.2, 0.25) is 0 Å². The molecular weight excluding hydrogens is 327 g/mol. The van der Waals surface area contributed by atoms with Gasteiger partial charge in [0.05, 0.1) is 11.7 Å². The molecule has 0 fully saturated rings. The van der Waals surface area contributed by atoms with Gasteiger partial charge in [0.15, 0.2) is 0 Å². The van der Waals surface area contributed by atoms with Gasteiger partial charge in [0.1, 0.15) is 10.8 Å². The van der Waals surface area contributed by atoms with E-state index in [-0.39, 0.29) is 11.9 Å². The summed E-state index contributed by atoms with van der Waals surface area (Å²) in [6.45, 7) is 4.63. The third-order valence-corrected chi connectivity index (χ3v) is 5.78. The monoisotopic (exact) mass is 346 g/mol. The minimum atomic E-state index is -0.166. The molecule has 3 rings (SSSR count). The van der Waals surface area contributed by atoms with Gasteiger partial charge in [-0.05, 0) is 48.7 Å². The molecule has 3 aromatic rings. The number of hydrogen-bond acceptors (Lipinski definition) is 4. The SMILES string of the molecule is Cc1nc([C@@H](Cc2ccsc2)NCc2ccccc2F)sc1C. The predicted molar refractivity (Wildman–Crippen MR) is 95.6 cm³/mol. The van der Waals surface area contributed by atoms with Crippen LogP contribution in [0.5, 0.6) is 0 Å². The van der Waals surface area contributed by atoms with Crippen LogP contribution in [-0.4, -0.2) is 4.98 Å². The Morgan fingerprint density at radius 1 is 1.22 bits per heavy atom. The van der Waals surface area contributed by atoms with Crippen molar-refractivity contribution in [2.75, 3.05) is 0 Å². The fourth-order valence-corrected chi connectivity index (χ4v) is 4.09. The van der Waals surface area contributed by atoms with Gasteiger partial charge in [-0.3, -0.25) is 0 Å². The molecule has 2 aromatic heterocycles. The second-order valence-corrected chi connectivity index (χ2v) is 7.57. The molecule has 0 spiro atoms. The Labute approximate surface area is 144 Å². The molecule has 5 heteroatoms. The molecule has 0 radical (unpaired) electrons. The molecule has 0 aliphatic carbocycles. The number of hydrogen-bond donors (Lipinski definition) is 1. The number of thiophene rings is 1. The van der Waals surface area contributed by atoms with Crippen LogP contribution in [0.4, 0.5) is 4.39 Å². The molecule has 0 saturated heterocycles. The Morgan fingerprint density at radius 2 is 2.04 bits per heavy atom. The van der Waals surface area contributed by atoms with Crippen molar-refractivity contribution < 1.29 is 4.39 Å². The van der Waals surface area contributed by atoms with Crippen molar-refractivity contribution in [1.29, 1.82) is 0 Å². The Bertz CT molecular complexity index is 746. The topological polar surface area (TPSA) is 24.9 Å². The molecule has 120 valence electrons. The Hall–Kier alpha value is -1.56. The van der Waals surface area contributed by atoms with E-state index in [2.05, 4.69) is 29.1 Å². The summed E-state index contributed by atoms with van der Waals surface area (Å²) in [6, 6.07) is 9.14. The Balaban J connectivity index is 1.78. The molecule has 23 heavy (non-hydrogen) atoms. The number of aryl methyl sites for hydroxylation is 2. The second kappa shape index (κ2) is 7.34. The normalized spacial score (nSPS) is 12.5. The van der Waals surface area contributed by atoms with E-state index in [0.717, 1.165) is 17.1 Å². The van der Waals surface area contributed by atoms with Gasteiger partial charge in [0, 0.05) is 17.0 Å². The minimum absolute atomic E-state index is 0.0987. The van der Waals surface area contributed by atoms with E-state index in [1.54, 1.807) is 28.7 Å². The zero-order chi connectivity index (χ0) is 16.2. The predicted octanol–water partition coefficient (Wildman–Crippen LogP) is 5.03. The van der Waals surface area contributed by atoms with E-state index in [4.69, 9.17) is 4.98 Å². The summed E-state index contributed by atoms with van der Waals surface area (Å²) in [6.07, 6.45) is 0.865. The molecule has 0 aliphatic heterocycles. The lowest BCUT2D eigenvalue weighted by molar-refractivity contribution is 0.511. The summed E-state index contributed by atoms with van der Waals surface area (Å²) >= 11 is 3.42. The van der Waals surface area contributed by atoms with Crippen LogP contribution in [0.25, 0.3) is 0 Å². The van der Waals surface area contributed by atoms with Crippen LogP contribution in [0.15, 0.2) is 41.1 Å². The smallest absolute Gasteiger partial charge is 0.127 e. The number of aromatic nitrogens is 1. The highest BCUT2D eigenvalue weighted by atomic mass is 32.1. The van der Waals surface area contributed by atoms with Gasteiger partial charge in [-0.15, -0.1) is 11.3 Å². The summed E-state index contributed by atoms with van der Waals surface area (Å²) in [4.78, 5) is 5.93. The van der Waals surface area contributed by atoms with Crippen molar-refractivity contribution in [2.45, 2.75) is 32.9 Å². The average Bonchev–Trinajstić information content (AvgIpc) is 3.15. The van der Waals surface area contributed by atoms with Crippen LogP contribution in [0, 0.1) is 19.7 Å². The third kappa shape index (κ3) is 4.05. The van der Waals surface area contributed by atoms with Gasteiger partial charge < -0.3 is 5.32 Å².